The molecule has 0 spiro atoms. The Morgan fingerprint density at radius 3 is 2.73 bits per heavy atom. The van der Waals surface area contributed by atoms with Gasteiger partial charge in [0.1, 0.15) is 0 Å². The maximum Gasteiger partial charge on any atom is 0.167 e. The summed E-state index contributed by atoms with van der Waals surface area (Å²) in [6.45, 7) is 4.04. The first-order chi connectivity index (χ1) is 10.6. The molecule has 0 radical (unpaired) electrons. The van der Waals surface area contributed by atoms with Crippen LogP contribution in [0.3, 0.4) is 0 Å². The van der Waals surface area contributed by atoms with E-state index < -0.39 is 0 Å². The topological polar surface area (TPSA) is 46.4 Å². The molecular formula is C18H17N3O. The Morgan fingerprint density at radius 1 is 1.18 bits per heavy atom. The summed E-state index contributed by atoms with van der Waals surface area (Å²) < 4.78 is 2.04. The second-order valence-electron chi connectivity index (χ2n) is 5.82. The van der Waals surface area contributed by atoms with Crippen LogP contribution >= 0.6 is 0 Å². The van der Waals surface area contributed by atoms with Crippen LogP contribution in [0.4, 0.5) is 5.69 Å². The highest BCUT2D eigenvalue weighted by molar-refractivity contribution is 6.06. The molecule has 3 heterocycles. The molecule has 1 aliphatic heterocycles. The van der Waals surface area contributed by atoms with Crippen molar-refractivity contribution in [3.05, 3.63) is 65.1 Å². The summed E-state index contributed by atoms with van der Waals surface area (Å²) in [5, 5.41) is 3.52. The van der Waals surface area contributed by atoms with E-state index in [0.717, 1.165) is 33.8 Å². The average Bonchev–Trinajstić information content (AvgIpc) is 2.84. The smallest absolute Gasteiger partial charge is 0.167 e. The standard InChI is InChI=1S/C18H17N3O/c1-11-12(2)21-9-8-14-16(22)10-15(13-6-4-3-5-7-13)20-17(14)18(21)19-11/h3-9,15,20H,10H2,1-2H3/t15-/m0/s1. The van der Waals surface area contributed by atoms with Crippen molar-refractivity contribution in [2.45, 2.75) is 26.3 Å². The number of hydrogen-bond acceptors (Lipinski definition) is 3. The number of imidazole rings is 1. The van der Waals surface area contributed by atoms with Crippen LogP contribution in [0.5, 0.6) is 0 Å². The van der Waals surface area contributed by atoms with Crippen molar-refractivity contribution in [1.29, 1.82) is 0 Å². The van der Waals surface area contributed by atoms with Crippen LogP contribution in [-0.2, 0) is 0 Å². The van der Waals surface area contributed by atoms with Crippen molar-refractivity contribution in [3.63, 3.8) is 0 Å². The number of benzene rings is 1. The summed E-state index contributed by atoms with van der Waals surface area (Å²) in [5.41, 5.74) is 5.65. The molecule has 1 aliphatic rings. The second kappa shape index (κ2) is 4.70. The lowest BCUT2D eigenvalue weighted by Gasteiger charge is -2.26. The van der Waals surface area contributed by atoms with E-state index in [-0.39, 0.29) is 11.8 Å². The van der Waals surface area contributed by atoms with E-state index in [1.165, 1.54) is 0 Å². The molecule has 1 atom stereocenters. The number of nitrogens with zero attached hydrogens (tertiary/aromatic N) is 2. The molecule has 3 aromatic rings. The lowest BCUT2D eigenvalue weighted by atomic mass is 9.93. The molecule has 0 unspecified atom stereocenters. The molecule has 4 heteroatoms. The third kappa shape index (κ3) is 1.84. The number of fused-ring (bicyclic) bond motifs is 3. The van der Waals surface area contributed by atoms with Crippen molar-refractivity contribution < 1.29 is 4.79 Å². The minimum absolute atomic E-state index is 0.00436. The van der Waals surface area contributed by atoms with Gasteiger partial charge in [0.15, 0.2) is 11.4 Å². The van der Waals surface area contributed by atoms with E-state index in [9.17, 15) is 4.79 Å². The van der Waals surface area contributed by atoms with Gasteiger partial charge in [0.05, 0.1) is 17.4 Å². The number of nitrogens with one attached hydrogen (secondary N) is 1. The first-order valence-electron chi connectivity index (χ1n) is 7.48. The summed E-state index contributed by atoms with van der Waals surface area (Å²) in [4.78, 5) is 17.2. The van der Waals surface area contributed by atoms with Gasteiger partial charge in [-0.15, -0.1) is 0 Å². The first-order valence-corrected chi connectivity index (χ1v) is 7.48. The maximum absolute atomic E-state index is 12.5. The largest absolute Gasteiger partial charge is 0.374 e. The van der Waals surface area contributed by atoms with Crippen molar-refractivity contribution in [3.8, 4) is 0 Å². The van der Waals surface area contributed by atoms with E-state index in [1.807, 2.05) is 48.7 Å². The average molecular weight is 291 g/mol. The summed E-state index contributed by atoms with van der Waals surface area (Å²) in [6.07, 6.45) is 2.41. The fraction of sp³-hybridized carbons (Fsp3) is 0.222. The number of carbonyl (C=O) groups is 1. The van der Waals surface area contributed by atoms with Crippen molar-refractivity contribution >= 4 is 17.1 Å². The van der Waals surface area contributed by atoms with Crippen molar-refractivity contribution in [2.24, 2.45) is 0 Å². The van der Waals surface area contributed by atoms with Gasteiger partial charge in [-0.25, -0.2) is 4.98 Å². The van der Waals surface area contributed by atoms with E-state index >= 15 is 0 Å². The highest BCUT2D eigenvalue weighted by Gasteiger charge is 2.28. The SMILES string of the molecule is Cc1nc2c3c(ccn2c1C)C(=O)C[C@@H](c1ccccc1)N3. The number of pyridine rings is 1. The molecule has 0 aliphatic carbocycles. The fourth-order valence-corrected chi connectivity index (χ4v) is 3.12. The molecule has 1 N–H and O–H groups in total. The first kappa shape index (κ1) is 13.1. The molecule has 2 aromatic heterocycles. The Balaban J connectivity index is 1.88. The van der Waals surface area contributed by atoms with E-state index in [4.69, 9.17) is 0 Å². The van der Waals surface area contributed by atoms with E-state index in [1.54, 1.807) is 0 Å². The number of hydrogen-bond donors (Lipinski definition) is 1. The predicted molar refractivity (Wildman–Crippen MR) is 86.4 cm³/mol. The minimum atomic E-state index is 0.00436. The van der Waals surface area contributed by atoms with Gasteiger partial charge in [0.25, 0.3) is 0 Å². The minimum Gasteiger partial charge on any atom is -0.374 e. The monoisotopic (exact) mass is 291 g/mol. The molecule has 0 fully saturated rings. The zero-order chi connectivity index (χ0) is 15.3. The highest BCUT2D eigenvalue weighted by Crippen LogP contribution is 2.35. The lowest BCUT2D eigenvalue weighted by Crippen LogP contribution is -2.23. The maximum atomic E-state index is 12.5. The van der Waals surface area contributed by atoms with Gasteiger partial charge >= 0.3 is 0 Å². The van der Waals surface area contributed by atoms with Crippen molar-refractivity contribution in [2.75, 3.05) is 5.32 Å². The summed E-state index contributed by atoms with van der Waals surface area (Å²) >= 11 is 0. The molecule has 4 rings (SSSR count). The number of rotatable bonds is 1. The Kier molecular flexibility index (Phi) is 2.79. The van der Waals surface area contributed by atoms with Crippen LogP contribution < -0.4 is 5.32 Å². The summed E-state index contributed by atoms with van der Waals surface area (Å²) in [7, 11) is 0. The van der Waals surface area contributed by atoms with Gasteiger partial charge in [0.2, 0.25) is 0 Å². The Morgan fingerprint density at radius 2 is 1.95 bits per heavy atom. The Hall–Kier alpha value is -2.62. The molecule has 0 saturated heterocycles. The van der Waals surface area contributed by atoms with Crippen molar-refractivity contribution in [1.82, 2.24) is 9.38 Å². The molecule has 0 amide bonds. The van der Waals surface area contributed by atoms with Crippen LogP contribution in [0.2, 0.25) is 0 Å². The molecular weight excluding hydrogens is 274 g/mol. The zero-order valence-corrected chi connectivity index (χ0v) is 12.6. The number of anilines is 1. The lowest BCUT2D eigenvalue weighted by molar-refractivity contribution is 0.0972. The van der Waals surface area contributed by atoms with Crippen LogP contribution in [0.15, 0.2) is 42.6 Å². The third-order valence-electron chi connectivity index (χ3n) is 4.48. The predicted octanol–water partition coefficient (Wildman–Crippen LogP) is 3.69. The fourth-order valence-electron chi connectivity index (χ4n) is 3.12. The van der Waals surface area contributed by atoms with Gasteiger partial charge in [-0.2, -0.15) is 0 Å². The number of aromatic nitrogens is 2. The van der Waals surface area contributed by atoms with Gasteiger partial charge in [-0.1, -0.05) is 30.3 Å². The molecule has 0 bridgehead atoms. The summed E-state index contributed by atoms with van der Waals surface area (Å²) in [5.74, 6) is 0.170. The normalized spacial score (nSPS) is 17.4. The Bertz CT molecular complexity index is 880. The van der Waals surface area contributed by atoms with Gasteiger partial charge in [-0.05, 0) is 25.5 Å². The van der Waals surface area contributed by atoms with Gasteiger partial charge in [-0.3, -0.25) is 4.79 Å². The van der Waals surface area contributed by atoms with E-state index in [2.05, 4.69) is 22.4 Å². The van der Waals surface area contributed by atoms with Crippen LogP contribution in [-0.4, -0.2) is 15.2 Å². The molecule has 110 valence electrons. The quantitative estimate of drug-likeness (QED) is 0.743. The second-order valence-corrected chi connectivity index (χ2v) is 5.82. The van der Waals surface area contributed by atoms with E-state index in [0.29, 0.717) is 6.42 Å². The van der Waals surface area contributed by atoms with Crippen LogP contribution in [0.1, 0.15) is 39.8 Å². The number of ketones is 1. The van der Waals surface area contributed by atoms with Crippen LogP contribution in [0, 0.1) is 13.8 Å². The highest BCUT2D eigenvalue weighted by atomic mass is 16.1. The molecule has 1 aromatic carbocycles. The summed E-state index contributed by atoms with van der Waals surface area (Å²) in [6, 6.07) is 12.0. The van der Waals surface area contributed by atoms with Crippen LogP contribution in [0.25, 0.3) is 5.65 Å². The van der Waals surface area contributed by atoms with Gasteiger partial charge in [0, 0.05) is 23.9 Å². The number of Topliss-reactive ketones (excluding diaryl/α,β-unsaturated/α-hetero) is 1. The number of carbonyl (C=O) groups excluding carboxylic acids is 1. The molecule has 22 heavy (non-hydrogen) atoms. The molecule has 4 nitrogen and oxygen atoms in total. The number of aryl methyl sites for hydroxylation is 2. The van der Waals surface area contributed by atoms with Gasteiger partial charge < -0.3 is 9.72 Å². The zero-order valence-electron chi connectivity index (χ0n) is 12.6. The Labute approximate surface area is 128 Å². The molecule has 0 saturated carbocycles. The third-order valence-corrected chi connectivity index (χ3v) is 4.48.